The molecule has 0 aliphatic carbocycles. The summed E-state index contributed by atoms with van der Waals surface area (Å²) < 4.78 is 11.1. The zero-order valence-electron chi connectivity index (χ0n) is 14.9. The van der Waals surface area contributed by atoms with Crippen LogP contribution in [0.5, 0.6) is 5.75 Å². The van der Waals surface area contributed by atoms with Gasteiger partial charge in [-0.3, -0.25) is 4.79 Å². The summed E-state index contributed by atoms with van der Waals surface area (Å²) in [4.78, 5) is 12.1. The number of aromatic nitrogens is 2. The van der Waals surface area contributed by atoms with Crippen molar-refractivity contribution in [3.8, 4) is 5.75 Å². The Morgan fingerprint density at radius 3 is 2.71 bits per heavy atom. The van der Waals surface area contributed by atoms with E-state index >= 15 is 0 Å². The zero-order chi connectivity index (χ0) is 19.9. The number of anilines is 1. The smallest absolute Gasteiger partial charge is 0.277 e. The number of hydrogen-bond donors (Lipinski definition) is 1. The number of nitrogens with zero attached hydrogens (tertiary/aromatic N) is 2. The van der Waals surface area contributed by atoms with Crippen LogP contribution in [0.2, 0.25) is 10.0 Å². The van der Waals surface area contributed by atoms with E-state index in [9.17, 15) is 4.79 Å². The Morgan fingerprint density at radius 2 is 1.96 bits per heavy atom. The highest BCUT2D eigenvalue weighted by Gasteiger charge is 2.12. The van der Waals surface area contributed by atoms with Crippen LogP contribution in [0.1, 0.15) is 18.4 Å². The van der Waals surface area contributed by atoms with Gasteiger partial charge in [-0.25, -0.2) is 0 Å². The molecule has 28 heavy (non-hydrogen) atoms. The van der Waals surface area contributed by atoms with Gasteiger partial charge in [0.2, 0.25) is 5.91 Å². The number of amides is 1. The Balaban J connectivity index is 1.47. The summed E-state index contributed by atoms with van der Waals surface area (Å²) in [6.07, 6.45) is 0.974. The molecule has 1 aromatic heterocycles. The maximum Gasteiger partial charge on any atom is 0.277 e. The highest BCUT2D eigenvalue weighted by molar-refractivity contribution is 7.99. The van der Waals surface area contributed by atoms with Gasteiger partial charge >= 0.3 is 0 Å². The lowest BCUT2D eigenvalue weighted by Crippen LogP contribution is -2.14. The van der Waals surface area contributed by atoms with Crippen molar-refractivity contribution in [3.63, 3.8) is 0 Å². The molecule has 146 valence electrons. The Morgan fingerprint density at radius 1 is 1.18 bits per heavy atom. The monoisotopic (exact) mass is 437 g/mol. The molecule has 0 saturated heterocycles. The summed E-state index contributed by atoms with van der Waals surface area (Å²) in [7, 11) is 0. The first kappa shape index (κ1) is 20.5. The Labute approximate surface area is 176 Å². The minimum atomic E-state index is -0.263. The number of carbonyl (C=O) groups is 1. The fraction of sp³-hybridized carbons (Fsp3) is 0.211. The predicted octanol–water partition coefficient (Wildman–Crippen LogP) is 5.25. The van der Waals surface area contributed by atoms with Crippen LogP contribution >= 0.6 is 35.0 Å². The lowest BCUT2D eigenvalue weighted by molar-refractivity contribution is -0.113. The van der Waals surface area contributed by atoms with Gasteiger partial charge in [-0.05, 0) is 36.2 Å². The van der Waals surface area contributed by atoms with Gasteiger partial charge in [0.25, 0.3) is 11.1 Å². The van der Waals surface area contributed by atoms with E-state index in [1.165, 1.54) is 5.56 Å². The Hall–Kier alpha value is -2.22. The number of carbonyl (C=O) groups excluding carboxylic acids is 1. The van der Waals surface area contributed by atoms with Crippen molar-refractivity contribution in [1.29, 1.82) is 0 Å². The molecule has 1 amide bonds. The number of rotatable bonds is 8. The van der Waals surface area contributed by atoms with Crippen LogP contribution in [0.25, 0.3) is 0 Å². The Bertz CT molecular complexity index is 948. The highest BCUT2D eigenvalue weighted by Crippen LogP contribution is 2.29. The van der Waals surface area contributed by atoms with Gasteiger partial charge < -0.3 is 14.5 Å². The molecule has 0 saturated carbocycles. The summed E-state index contributed by atoms with van der Waals surface area (Å²) >= 11 is 13.1. The maximum atomic E-state index is 12.1. The fourth-order valence-corrected chi connectivity index (χ4v) is 3.16. The maximum absolute atomic E-state index is 12.1. The number of ether oxygens (including phenoxy) is 1. The number of aryl methyl sites for hydroxylation is 1. The quantitative estimate of drug-likeness (QED) is 0.484. The van der Waals surface area contributed by atoms with Gasteiger partial charge in [-0.15, -0.1) is 10.2 Å². The average molecular weight is 438 g/mol. The zero-order valence-corrected chi connectivity index (χ0v) is 17.3. The van der Waals surface area contributed by atoms with Crippen LogP contribution in [0.15, 0.2) is 52.1 Å². The molecular formula is C19H17Cl2N3O3S. The fourth-order valence-electron chi connectivity index (χ4n) is 2.24. The van der Waals surface area contributed by atoms with Gasteiger partial charge in [0.1, 0.15) is 5.75 Å². The molecule has 6 nitrogen and oxygen atoms in total. The van der Waals surface area contributed by atoms with Gasteiger partial charge in [0, 0.05) is 0 Å². The molecule has 0 radical (unpaired) electrons. The number of halogens is 2. The van der Waals surface area contributed by atoms with Gasteiger partial charge in [-0.1, -0.05) is 60.1 Å². The molecule has 0 spiro atoms. The molecule has 0 bridgehead atoms. The van der Waals surface area contributed by atoms with E-state index in [4.69, 9.17) is 32.4 Å². The highest BCUT2D eigenvalue weighted by atomic mass is 35.5. The third-order valence-electron chi connectivity index (χ3n) is 3.69. The first-order valence-corrected chi connectivity index (χ1v) is 10.2. The third kappa shape index (κ3) is 5.64. The van der Waals surface area contributed by atoms with E-state index in [1.54, 1.807) is 18.2 Å². The molecule has 3 aromatic rings. The predicted molar refractivity (Wildman–Crippen MR) is 110 cm³/mol. The molecule has 1 heterocycles. The van der Waals surface area contributed by atoms with E-state index in [0.29, 0.717) is 21.6 Å². The van der Waals surface area contributed by atoms with Crippen LogP contribution in [-0.2, 0) is 17.8 Å². The Kier molecular flexibility index (Phi) is 7.19. The number of nitrogens with one attached hydrogen (secondary N) is 1. The van der Waals surface area contributed by atoms with Crippen molar-refractivity contribution in [2.45, 2.75) is 25.2 Å². The lowest BCUT2D eigenvalue weighted by atomic mass is 10.2. The molecular weight excluding hydrogens is 421 g/mol. The first-order valence-electron chi connectivity index (χ1n) is 8.46. The number of benzene rings is 2. The number of hydrogen-bond acceptors (Lipinski definition) is 6. The standard InChI is InChI=1S/C19H17Cl2N3O3S/c1-2-12-6-8-13(9-7-12)26-10-17-23-24-19(27-17)28-11-16(25)22-15-5-3-4-14(20)18(15)21/h3-9H,2,10-11H2,1H3,(H,22,25). The van der Waals surface area contributed by atoms with Crippen LogP contribution in [0.3, 0.4) is 0 Å². The normalized spacial score (nSPS) is 10.7. The second kappa shape index (κ2) is 9.82. The third-order valence-corrected chi connectivity index (χ3v) is 5.33. The van der Waals surface area contributed by atoms with Crippen LogP contribution in [0.4, 0.5) is 5.69 Å². The van der Waals surface area contributed by atoms with E-state index in [2.05, 4.69) is 22.4 Å². The molecule has 0 aliphatic heterocycles. The first-order chi connectivity index (χ1) is 13.5. The molecule has 3 rings (SSSR count). The second-order valence-electron chi connectivity index (χ2n) is 5.69. The molecule has 0 atom stereocenters. The lowest BCUT2D eigenvalue weighted by Gasteiger charge is -2.07. The van der Waals surface area contributed by atoms with Crippen molar-refractivity contribution < 1.29 is 13.9 Å². The van der Waals surface area contributed by atoms with Gasteiger partial charge in [-0.2, -0.15) is 0 Å². The second-order valence-corrected chi connectivity index (χ2v) is 7.40. The summed E-state index contributed by atoms with van der Waals surface area (Å²) in [6, 6.07) is 12.8. The molecule has 0 aliphatic rings. The minimum absolute atomic E-state index is 0.0871. The van der Waals surface area contributed by atoms with Gasteiger partial charge in [0.05, 0.1) is 21.5 Å². The molecule has 2 aromatic carbocycles. The summed E-state index contributed by atoms with van der Waals surface area (Å²) in [5, 5.41) is 11.5. The van der Waals surface area contributed by atoms with Crippen LogP contribution < -0.4 is 10.1 Å². The van der Waals surface area contributed by atoms with Gasteiger partial charge in [0.15, 0.2) is 6.61 Å². The van der Waals surface area contributed by atoms with E-state index in [1.807, 2.05) is 24.3 Å². The van der Waals surface area contributed by atoms with Crippen molar-refractivity contribution in [3.05, 3.63) is 64.0 Å². The van der Waals surface area contributed by atoms with Crippen molar-refractivity contribution >= 4 is 46.6 Å². The van der Waals surface area contributed by atoms with E-state index in [0.717, 1.165) is 23.9 Å². The van der Waals surface area contributed by atoms with Crippen LogP contribution in [0, 0.1) is 0 Å². The van der Waals surface area contributed by atoms with Crippen molar-refractivity contribution in [2.24, 2.45) is 0 Å². The summed E-state index contributed by atoms with van der Waals surface area (Å²) in [6.45, 7) is 2.25. The molecule has 1 N–H and O–H groups in total. The summed E-state index contributed by atoms with van der Waals surface area (Å²) in [5.74, 6) is 0.882. The van der Waals surface area contributed by atoms with E-state index < -0.39 is 0 Å². The van der Waals surface area contributed by atoms with Crippen molar-refractivity contribution in [2.75, 3.05) is 11.1 Å². The minimum Gasteiger partial charge on any atom is -0.484 e. The number of thioether (sulfide) groups is 1. The van der Waals surface area contributed by atoms with Crippen molar-refractivity contribution in [1.82, 2.24) is 10.2 Å². The van der Waals surface area contributed by atoms with E-state index in [-0.39, 0.29) is 23.5 Å². The molecule has 9 heteroatoms. The molecule has 0 fully saturated rings. The summed E-state index contributed by atoms with van der Waals surface area (Å²) in [5.41, 5.74) is 1.69. The largest absolute Gasteiger partial charge is 0.484 e. The SMILES string of the molecule is CCc1ccc(OCc2nnc(SCC(=O)Nc3cccc(Cl)c3Cl)o2)cc1. The topological polar surface area (TPSA) is 77.2 Å². The average Bonchev–Trinajstić information content (AvgIpc) is 3.17. The van der Waals surface area contributed by atoms with Crippen LogP contribution in [-0.4, -0.2) is 21.9 Å². The molecule has 0 unspecified atom stereocenters.